The predicted octanol–water partition coefficient (Wildman–Crippen LogP) is 2.69. The maximum atomic E-state index is 5.16. The average molecular weight is 250 g/mol. The molecule has 3 heteroatoms. The lowest BCUT2D eigenvalue weighted by Gasteiger charge is -2.15. The van der Waals surface area contributed by atoms with Crippen molar-refractivity contribution in [1.29, 1.82) is 0 Å². The molecular weight excluding hydrogens is 224 g/mol. The predicted molar refractivity (Wildman–Crippen MR) is 77.2 cm³/mol. The van der Waals surface area contributed by atoms with E-state index in [2.05, 4.69) is 43.4 Å². The lowest BCUT2D eigenvalue weighted by Crippen LogP contribution is -2.21. The van der Waals surface area contributed by atoms with Crippen LogP contribution < -0.4 is 10.1 Å². The Labute approximate surface area is 111 Å². The molecule has 0 fully saturated rings. The summed E-state index contributed by atoms with van der Waals surface area (Å²) in [6.45, 7) is 4.44. The molecule has 0 radical (unpaired) electrons. The third-order valence-electron chi connectivity index (χ3n) is 3.10. The van der Waals surface area contributed by atoms with Crippen LogP contribution >= 0.6 is 0 Å². The highest BCUT2D eigenvalue weighted by atomic mass is 16.5. The molecule has 0 heterocycles. The zero-order chi connectivity index (χ0) is 13.4. The van der Waals surface area contributed by atoms with Crippen molar-refractivity contribution in [3.63, 3.8) is 0 Å². The Morgan fingerprint density at radius 1 is 1.17 bits per heavy atom. The molecule has 102 valence electrons. The van der Waals surface area contributed by atoms with Crippen molar-refractivity contribution < 1.29 is 4.74 Å². The molecule has 1 N–H and O–H groups in total. The Bertz CT molecular complexity index is 322. The van der Waals surface area contributed by atoms with Gasteiger partial charge in [0.2, 0.25) is 0 Å². The molecule has 1 rings (SSSR count). The lowest BCUT2D eigenvalue weighted by atomic mass is 10.1. The first-order valence-electron chi connectivity index (χ1n) is 6.65. The van der Waals surface area contributed by atoms with E-state index >= 15 is 0 Å². The van der Waals surface area contributed by atoms with Crippen molar-refractivity contribution in [2.45, 2.75) is 25.8 Å². The molecular formula is C15H26N2O. The third-order valence-corrected chi connectivity index (χ3v) is 3.10. The fourth-order valence-electron chi connectivity index (χ4n) is 1.88. The molecule has 0 aromatic heterocycles. The number of hydrogen-bond donors (Lipinski definition) is 1. The van der Waals surface area contributed by atoms with Gasteiger partial charge in [0.25, 0.3) is 0 Å². The minimum absolute atomic E-state index is 0.398. The zero-order valence-electron chi connectivity index (χ0n) is 12.1. The van der Waals surface area contributed by atoms with E-state index in [1.165, 1.54) is 24.9 Å². The van der Waals surface area contributed by atoms with E-state index in [4.69, 9.17) is 4.74 Å². The zero-order valence-corrected chi connectivity index (χ0v) is 12.1. The second-order valence-corrected chi connectivity index (χ2v) is 4.96. The van der Waals surface area contributed by atoms with Gasteiger partial charge in [-0.2, -0.15) is 0 Å². The minimum Gasteiger partial charge on any atom is -0.497 e. The van der Waals surface area contributed by atoms with Gasteiger partial charge in [0.05, 0.1) is 7.11 Å². The summed E-state index contributed by atoms with van der Waals surface area (Å²) in [5, 5.41) is 3.55. The van der Waals surface area contributed by atoms with E-state index in [9.17, 15) is 0 Å². The van der Waals surface area contributed by atoms with Crippen molar-refractivity contribution in [2.24, 2.45) is 0 Å². The van der Waals surface area contributed by atoms with Gasteiger partial charge in [0.1, 0.15) is 5.75 Å². The third kappa shape index (κ3) is 5.52. The second kappa shape index (κ2) is 8.11. The van der Waals surface area contributed by atoms with Gasteiger partial charge in [-0.25, -0.2) is 0 Å². The van der Waals surface area contributed by atoms with Crippen molar-refractivity contribution in [3.8, 4) is 5.75 Å². The van der Waals surface area contributed by atoms with Crippen molar-refractivity contribution in [2.75, 3.05) is 34.3 Å². The first-order valence-corrected chi connectivity index (χ1v) is 6.65. The molecule has 0 amide bonds. The molecule has 1 aromatic carbocycles. The van der Waals surface area contributed by atoms with Crippen LogP contribution in [-0.2, 0) is 0 Å². The summed E-state index contributed by atoms with van der Waals surface area (Å²) in [6, 6.07) is 8.67. The van der Waals surface area contributed by atoms with Crippen LogP contribution in [0.15, 0.2) is 24.3 Å². The molecule has 0 spiro atoms. The molecule has 0 aliphatic rings. The van der Waals surface area contributed by atoms with Crippen LogP contribution in [0.25, 0.3) is 0 Å². The summed E-state index contributed by atoms with van der Waals surface area (Å²) in [5.74, 6) is 0.914. The molecule has 3 nitrogen and oxygen atoms in total. The molecule has 1 aromatic rings. The Hall–Kier alpha value is -1.06. The van der Waals surface area contributed by atoms with Gasteiger partial charge in [-0.3, -0.25) is 0 Å². The number of unbranched alkanes of at least 4 members (excludes halogenated alkanes) is 1. The molecule has 1 atom stereocenters. The van der Waals surface area contributed by atoms with Crippen LogP contribution in [0.3, 0.4) is 0 Å². The normalized spacial score (nSPS) is 12.7. The second-order valence-electron chi connectivity index (χ2n) is 4.96. The van der Waals surface area contributed by atoms with Crippen LogP contribution in [0.2, 0.25) is 0 Å². The van der Waals surface area contributed by atoms with Gasteiger partial charge in [0.15, 0.2) is 0 Å². The first kappa shape index (κ1) is 15.0. The van der Waals surface area contributed by atoms with Crippen LogP contribution in [0.1, 0.15) is 31.4 Å². The van der Waals surface area contributed by atoms with E-state index in [-0.39, 0.29) is 0 Å². The number of hydrogen-bond acceptors (Lipinski definition) is 3. The van der Waals surface area contributed by atoms with Crippen molar-refractivity contribution >= 4 is 0 Å². The van der Waals surface area contributed by atoms with E-state index in [1.54, 1.807) is 7.11 Å². The Morgan fingerprint density at radius 3 is 2.39 bits per heavy atom. The van der Waals surface area contributed by atoms with Gasteiger partial charge in [-0.1, -0.05) is 12.1 Å². The van der Waals surface area contributed by atoms with Crippen LogP contribution in [-0.4, -0.2) is 39.2 Å². The molecule has 18 heavy (non-hydrogen) atoms. The minimum atomic E-state index is 0.398. The Morgan fingerprint density at radius 2 is 1.83 bits per heavy atom. The SMILES string of the molecule is COc1ccc(C(C)NCCCCN(C)C)cc1. The summed E-state index contributed by atoms with van der Waals surface area (Å²) in [7, 11) is 5.93. The van der Waals surface area contributed by atoms with Gasteiger partial charge in [-0.15, -0.1) is 0 Å². The summed E-state index contributed by atoms with van der Waals surface area (Å²) >= 11 is 0. The van der Waals surface area contributed by atoms with E-state index in [0.717, 1.165) is 12.3 Å². The van der Waals surface area contributed by atoms with Crippen molar-refractivity contribution in [3.05, 3.63) is 29.8 Å². The van der Waals surface area contributed by atoms with Crippen LogP contribution in [0, 0.1) is 0 Å². The molecule has 0 aliphatic carbocycles. The standard InChI is InChI=1S/C15H26N2O/c1-13(16-11-5-6-12-17(2)3)14-7-9-15(18-4)10-8-14/h7-10,13,16H,5-6,11-12H2,1-4H3. The smallest absolute Gasteiger partial charge is 0.118 e. The maximum Gasteiger partial charge on any atom is 0.118 e. The highest BCUT2D eigenvalue weighted by molar-refractivity contribution is 5.28. The largest absolute Gasteiger partial charge is 0.497 e. The summed E-state index contributed by atoms with van der Waals surface area (Å²) in [6.07, 6.45) is 2.47. The van der Waals surface area contributed by atoms with E-state index in [1.807, 2.05) is 12.1 Å². The quantitative estimate of drug-likeness (QED) is 0.718. The average Bonchev–Trinajstić information content (AvgIpc) is 2.38. The lowest BCUT2D eigenvalue weighted by molar-refractivity contribution is 0.389. The van der Waals surface area contributed by atoms with Crippen LogP contribution in [0.5, 0.6) is 5.75 Å². The van der Waals surface area contributed by atoms with Gasteiger partial charge in [0, 0.05) is 6.04 Å². The van der Waals surface area contributed by atoms with Gasteiger partial charge in [-0.05, 0) is 64.6 Å². The van der Waals surface area contributed by atoms with E-state index in [0.29, 0.717) is 6.04 Å². The molecule has 0 saturated heterocycles. The number of nitrogens with one attached hydrogen (secondary N) is 1. The van der Waals surface area contributed by atoms with Crippen LogP contribution in [0.4, 0.5) is 0 Å². The number of methoxy groups -OCH3 is 1. The highest BCUT2D eigenvalue weighted by Gasteiger charge is 2.04. The maximum absolute atomic E-state index is 5.16. The first-order chi connectivity index (χ1) is 8.63. The Kier molecular flexibility index (Phi) is 6.76. The molecule has 0 aliphatic heterocycles. The molecule has 0 saturated carbocycles. The topological polar surface area (TPSA) is 24.5 Å². The number of rotatable bonds is 8. The van der Waals surface area contributed by atoms with Crippen molar-refractivity contribution in [1.82, 2.24) is 10.2 Å². The summed E-state index contributed by atoms with van der Waals surface area (Å²) in [5.41, 5.74) is 1.31. The highest BCUT2D eigenvalue weighted by Crippen LogP contribution is 2.17. The number of ether oxygens (including phenoxy) is 1. The number of benzene rings is 1. The van der Waals surface area contributed by atoms with Gasteiger partial charge < -0.3 is 15.0 Å². The summed E-state index contributed by atoms with van der Waals surface area (Å²) < 4.78 is 5.16. The number of nitrogens with zero attached hydrogens (tertiary/aromatic N) is 1. The Balaban J connectivity index is 2.25. The fraction of sp³-hybridized carbons (Fsp3) is 0.600. The van der Waals surface area contributed by atoms with E-state index < -0.39 is 0 Å². The molecule has 1 unspecified atom stereocenters. The van der Waals surface area contributed by atoms with Gasteiger partial charge >= 0.3 is 0 Å². The monoisotopic (exact) mass is 250 g/mol. The summed E-state index contributed by atoms with van der Waals surface area (Å²) in [4.78, 5) is 2.23. The fourth-order valence-corrected chi connectivity index (χ4v) is 1.88. The molecule has 0 bridgehead atoms.